The van der Waals surface area contributed by atoms with E-state index in [4.69, 9.17) is 21.1 Å². The van der Waals surface area contributed by atoms with Gasteiger partial charge in [-0.3, -0.25) is 14.5 Å². The van der Waals surface area contributed by atoms with Crippen molar-refractivity contribution in [3.63, 3.8) is 0 Å². The standard InChI is InChI=1S/C23H18ClNO4S/c1-28-19-11-15(10-18(24)21(19)29-2)12-20-22(26)25(23(27)30-20)13-14-7-8-16-5-3-4-6-17(16)9-14/h3-12H,13H2,1-2H3/b20-12+. The Morgan fingerprint density at radius 3 is 2.50 bits per heavy atom. The zero-order valence-electron chi connectivity index (χ0n) is 16.3. The normalized spacial score (nSPS) is 15.3. The fourth-order valence-corrected chi connectivity index (χ4v) is 4.46. The van der Waals surface area contributed by atoms with Crippen LogP contribution in [0.3, 0.4) is 0 Å². The Hall–Kier alpha value is -2.96. The Balaban J connectivity index is 1.60. The molecule has 0 aromatic heterocycles. The van der Waals surface area contributed by atoms with E-state index in [2.05, 4.69) is 0 Å². The van der Waals surface area contributed by atoms with Crippen LogP contribution in [0.2, 0.25) is 5.02 Å². The van der Waals surface area contributed by atoms with Gasteiger partial charge in [0.1, 0.15) is 0 Å². The number of amides is 2. The summed E-state index contributed by atoms with van der Waals surface area (Å²) in [7, 11) is 3.01. The van der Waals surface area contributed by atoms with Crippen molar-refractivity contribution in [2.45, 2.75) is 6.54 Å². The highest BCUT2D eigenvalue weighted by atomic mass is 35.5. The number of nitrogens with zero attached hydrogens (tertiary/aromatic N) is 1. The minimum Gasteiger partial charge on any atom is -0.493 e. The molecule has 1 aliphatic rings. The van der Waals surface area contributed by atoms with E-state index in [9.17, 15) is 9.59 Å². The van der Waals surface area contributed by atoms with Gasteiger partial charge in [0.2, 0.25) is 0 Å². The van der Waals surface area contributed by atoms with Crippen molar-refractivity contribution in [3.8, 4) is 11.5 Å². The van der Waals surface area contributed by atoms with Crippen LogP contribution in [0.15, 0.2) is 59.5 Å². The molecule has 4 rings (SSSR count). The maximum Gasteiger partial charge on any atom is 0.293 e. The highest BCUT2D eigenvalue weighted by Crippen LogP contribution is 2.39. The van der Waals surface area contributed by atoms with Crippen molar-refractivity contribution in [1.29, 1.82) is 0 Å². The van der Waals surface area contributed by atoms with E-state index in [-0.39, 0.29) is 17.7 Å². The van der Waals surface area contributed by atoms with E-state index < -0.39 is 0 Å². The topological polar surface area (TPSA) is 55.8 Å². The van der Waals surface area contributed by atoms with Gasteiger partial charge in [0, 0.05) is 0 Å². The number of rotatable bonds is 5. The molecule has 1 heterocycles. The van der Waals surface area contributed by atoms with Gasteiger partial charge in [-0.05, 0) is 57.9 Å². The second-order valence-electron chi connectivity index (χ2n) is 6.69. The van der Waals surface area contributed by atoms with E-state index in [1.165, 1.54) is 19.1 Å². The van der Waals surface area contributed by atoms with E-state index in [0.717, 1.165) is 28.1 Å². The first-order valence-corrected chi connectivity index (χ1v) is 10.3. The van der Waals surface area contributed by atoms with E-state index in [1.54, 1.807) is 18.2 Å². The van der Waals surface area contributed by atoms with Crippen LogP contribution in [-0.2, 0) is 11.3 Å². The quantitative estimate of drug-likeness (QED) is 0.474. The number of halogens is 1. The maximum absolute atomic E-state index is 12.9. The smallest absolute Gasteiger partial charge is 0.293 e. The number of carbonyl (C=O) groups is 2. The highest BCUT2D eigenvalue weighted by molar-refractivity contribution is 8.18. The van der Waals surface area contributed by atoms with Gasteiger partial charge in [0.15, 0.2) is 11.5 Å². The molecule has 0 atom stereocenters. The van der Waals surface area contributed by atoms with Crippen molar-refractivity contribution in [2.24, 2.45) is 0 Å². The molecule has 3 aromatic rings. The molecule has 152 valence electrons. The van der Waals surface area contributed by atoms with Crippen LogP contribution < -0.4 is 9.47 Å². The summed E-state index contributed by atoms with van der Waals surface area (Å²) in [6, 6.07) is 17.3. The van der Waals surface area contributed by atoms with Crippen LogP contribution in [0.25, 0.3) is 16.8 Å². The predicted octanol–water partition coefficient (Wildman–Crippen LogP) is 5.75. The summed E-state index contributed by atoms with van der Waals surface area (Å²) in [6.07, 6.45) is 1.64. The van der Waals surface area contributed by atoms with Crippen LogP contribution in [-0.4, -0.2) is 30.3 Å². The molecule has 0 radical (unpaired) electrons. The second-order valence-corrected chi connectivity index (χ2v) is 8.09. The second kappa shape index (κ2) is 8.42. The van der Waals surface area contributed by atoms with Gasteiger partial charge in [-0.15, -0.1) is 0 Å². The molecule has 0 saturated carbocycles. The lowest BCUT2D eigenvalue weighted by Crippen LogP contribution is -2.27. The molecule has 1 aliphatic heterocycles. The van der Waals surface area contributed by atoms with Crippen molar-refractivity contribution >= 4 is 51.4 Å². The van der Waals surface area contributed by atoms with Gasteiger partial charge in [-0.25, -0.2) is 0 Å². The molecule has 0 spiro atoms. The first kappa shape index (κ1) is 20.3. The molecule has 1 saturated heterocycles. The number of fused-ring (bicyclic) bond motifs is 1. The van der Waals surface area contributed by atoms with Crippen LogP contribution >= 0.6 is 23.4 Å². The highest BCUT2D eigenvalue weighted by Gasteiger charge is 2.35. The third-order valence-corrected chi connectivity index (χ3v) is 5.97. The lowest BCUT2D eigenvalue weighted by atomic mass is 10.1. The molecule has 0 bridgehead atoms. The Morgan fingerprint density at radius 2 is 1.77 bits per heavy atom. The van der Waals surface area contributed by atoms with Gasteiger partial charge < -0.3 is 9.47 Å². The summed E-state index contributed by atoms with van der Waals surface area (Å²) in [6.45, 7) is 0.222. The molecule has 30 heavy (non-hydrogen) atoms. The van der Waals surface area contributed by atoms with Crippen molar-refractivity contribution in [2.75, 3.05) is 14.2 Å². The number of benzene rings is 3. The predicted molar refractivity (Wildman–Crippen MR) is 120 cm³/mol. The Morgan fingerprint density at radius 1 is 1.00 bits per heavy atom. The summed E-state index contributed by atoms with van der Waals surface area (Å²) in [5, 5.41) is 2.24. The molecule has 5 nitrogen and oxygen atoms in total. The van der Waals surface area contributed by atoms with Gasteiger partial charge in [0.05, 0.1) is 30.7 Å². The number of hydrogen-bond donors (Lipinski definition) is 0. The Labute approximate surface area is 183 Å². The van der Waals surface area contributed by atoms with Gasteiger partial charge >= 0.3 is 0 Å². The van der Waals surface area contributed by atoms with Crippen LogP contribution in [0, 0.1) is 0 Å². The number of thioether (sulfide) groups is 1. The largest absolute Gasteiger partial charge is 0.493 e. The number of hydrogen-bond acceptors (Lipinski definition) is 5. The zero-order valence-corrected chi connectivity index (χ0v) is 17.9. The average Bonchev–Trinajstić information content (AvgIpc) is 3.00. The monoisotopic (exact) mass is 439 g/mol. The fourth-order valence-electron chi connectivity index (χ4n) is 3.33. The SMILES string of the molecule is COc1cc(/C=C2/SC(=O)N(Cc3ccc4ccccc4c3)C2=O)cc(Cl)c1OC. The molecule has 1 fully saturated rings. The van der Waals surface area contributed by atoms with Crippen molar-refractivity contribution < 1.29 is 19.1 Å². The minimum absolute atomic E-state index is 0.222. The van der Waals surface area contributed by atoms with Gasteiger partial charge in [0.25, 0.3) is 11.1 Å². The number of imide groups is 1. The van der Waals surface area contributed by atoms with Gasteiger partial charge in [-0.1, -0.05) is 48.0 Å². The number of methoxy groups -OCH3 is 2. The Bertz CT molecular complexity index is 1190. The third-order valence-electron chi connectivity index (χ3n) is 4.78. The van der Waals surface area contributed by atoms with Crippen LogP contribution in [0.4, 0.5) is 4.79 Å². The molecule has 0 N–H and O–H groups in total. The maximum atomic E-state index is 12.9. The van der Waals surface area contributed by atoms with Crippen molar-refractivity contribution in [3.05, 3.63) is 75.7 Å². The molecule has 2 amide bonds. The third kappa shape index (κ3) is 3.88. The first-order valence-electron chi connectivity index (χ1n) is 9.14. The molecular formula is C23H18ClNO4S. The summed E-state index contributed by atoms with van der Waals surface area (Å²) >= 11 is 7.16. The number of carbonyl (C=O) groups excluding carboxylic acids is 2. The van der Waals surface area contributed by atoms with Crippen LogP contribution in [0.5, 0.6) is 11.5 Å². The lowest BCUT2D eigenvalue weighted by Gasteiger charge is -2.13. The molecule has 0 aliphatic carbocycles. The fraction of sp³-hybridized carbons (Fsp3) is 0.130. The molecule has 0 unspecified atom stereocenters. The number of ether oxygens (including phenoxy) is 2. The summed E-state index contributed by atoms with van der Waals surface area (Å²) < 4.78 is 10.5. The summed E-state index contributed by atoms with van der Waals surface area (Å²) in [4.78, 5) is 27.0. The summed E-state index contributed by atoms with van der Waals surface area (Å²) in [5.74, 6) is 0.538. The van der Waals surface area contributed by atoms with Crippen LogP contribution in [0.1, 0.15) is 11.1 Å². The average molecular weight is 440 g/mol. The Kier molecular flexibility index (Phi) is 5.70. The molecule has 7 heteroatoms. The molecular weight excluding hydrogens is 422 g/mol. The van der Waals surface area contributed by atoms with E-state index in [1.807, 2.05) is 42.5 Å². The lowest BCUT2D eigenvalue weighted by molar-refractivity contribution is -0.123. The van der Waals surface area contributed by atoms with Crippen molar-refractivity contribution in [1.82, 2.24) is 4.90 Å². The first-order chi connectivity index (χ1) is 14.5. The van der Waals surface area contributed by atoms with Gasteiger partial charge in [-0.2, -0.15) is 0 Å². The van der Waals surface area contributed by atoms with E-state index >= 15 is 0 Å². The van der Waals surface area contributed by atoms with E-state index in [0.29, 0.717) is 27.0 Å². The zero-order chi connectivity index (χ0) is 21.3. The minimum atomic E-state index is -0.330. The summed E-state index contributed by atoms with van der Waals surface area (Å²) in [5.41, 5.74) is 1.54. The molecule has 3 aromatic carbocycles.